The van der Waals surface area contributed by atoms with Gasteiger partial charge in [0, 0.05) is 11.1 Å². The number of amides is 1. The number of carbonyl (C=O) groups is 1. The van der Waals surface area contributed by atoms with E-state index in [1.165, 1.54) is 6.07 Å². The van der Waals surface area contributed by atoms with Crippen molar-refractivity contribution in [2.24, 2.45) is 5.41 Å². The molecule has 0 aromatic heterocycles. The summed E-state index contributed by atoms with van der Waals surface area (Å²) in [5.41, 5.74) is 1.85. The minimum atomic E-state index is -0.953. The Balaban J connectivity index is 2.62. The molecule has 1 N–H and O–H groups in total. The zero-order chi connectivity index (χ0) is 20.4. The molecule has 0 radical (unpaired) electrons. The van der Waals surface area contributed by atoms with Gasteiger partial charge in [-0.05, 0) is 31.5 Å². The summed E-state index contributed by atoms with van der Waals surface area (Å²) in [6, 6.07) is 11.0. The molecule has 0 saturated carbocycles. The van der Waals surface area contributed by atoms with Gasteiger partial charge in [0.1, 0.15) is 23.3 Å². The van der Waals surface area contributed by atoms with E-state index in [9.17, 15) is 18.8 Å². The van der Waals surface area contributed by atoms with Crippen molar-refractivity contribution in [3.63, 3.8) is 0 Å². The van der Waals surface area contributed by atoms with E-state index in [-0.39, 0.29) is 5.57 Å². The van der Waals surface area contributed by atoms with E-state index in [0.717, 1.165) is 23.3 Å². The lowest BCUT2D eigenvalue weighted by Crippen LogP contribution is -2.32. The molecule has 2 aromatic rings. The second-order valence-corrected chi connectivity index (χ2v) is 7.54. The molecule has 0 bridgehead atoms. The van der Waals surface area contributed by atoms with Crippen molar-refractivity contribution in [2.45, 2.75) is 34.6 Å². The van der Waals surface area contributed by atoms with Crippen LogP contribution >= 0.6 is 0 Å². The van der Waals surface area contributed by atoms with Crippen LogP contribution in [-0.2, 0) is 0 Å². The Hall–Kier alpha value is -3.00. The third-order valence-electron chi connectivity index (χ3n) is 4.05. The van der Waals surface area contributed by atoms with Gasteiger partial charge in [0.05, 0.1) is 5.57 Å². The fourth-order valence-corrected chi connectivity index (χ4v) is 2.90. The highest BCUT2D eigenvalue weighted by Gasteiger charge is 2.27. The fourth-order valence-electron chi connectivity index (χ4n) is 2.90. The van der Waals surface area contributed by atoms with Crippen LogP contribution in [0.1, 0.15) is 47.8 Å². The molecule has 0 saturated heterocycles. The zero-order valence-electron chi connectivity index (χ0n) is 16.1. The van der Waals surface area contributed by atoms with Gasteiger partial charge in [0.15, 0.2) is 0 Å². The van der Waals surface area contributed by atoms with E-state index in [0.29, 0.717) is 11.3 Å². The smallest absolute Gasteiger partial charge is 0.261 e. The summed E-state index contributed by atoms with van der Waals surface area (Å²) < 4.78 is 28.0. The Bertz CT molecular complexity index is 923. The number of carbonyl (C=O) groups excluding carboxylic acids is 1. The molecule has 0 aliphatic rings. The van der Waals surface area contributed by atoms with Crippen LogP contribution in [-0.4, -0.2) is 5.91 Å². The van der Waals surface area contributed by atoms with Gasteiger partial charge in [-0.15, -0.1) is 0 Å². The molecule has 0 heterocycles. The molecule has 0 spiro atoms. The van der Waals surface area contributed by atoms with E-state index >= 15 is 0 Å². The Labute approximate surface area is 158 Å². The Morgan fingerprint density at radius 1 is 1.04 bits per heavy atom. The first-order valence-electron chi connectivity index (χ1n) is 8.53. The Morgan fingerprint density at radius 2 is 1.56 bits per heavy atom. The summed E-state index contributed by atoms with van der Waals surface area (Å²) in [5, 5.41) is 12.4. The van der Waals surface area contributed by atoms with Crippen LogP contribution in [0, 0.1) is 42.2 Å². The van der Waals surface area contributed by atoms with Crippen LogP contribution in [0.25, 0.3) is 5.57 Å². The molecule has 27 heavy (non-hydrogen) atoms. The van der Waals surface area contributed by atoms with Crippen LogP contribution in [0.4, 0.5) is 8.78 Å². The van der Waals surface area contributed by atoms with Crippen LogP contribution in [0.2, 0.25) is 0 Å². The van der Waals surface area contributed by atoms with Gasteiger partial charge >= 0.3 is 0 Å². The lowest BCUT2D eigenvalue weighted by atomic mass is 9.86. The average molecular weight is 368 g/mol. The summed E-state index contributed by atoms with van der Waals surface area (Å²) in [6.07, 6.45) is 0. The van der Waals surface area contributed by atoms with Gasteiger partial charge in [0.25, 0.3) is 5.91 Å². The van der Waals surface area contributed by atoms with E-state index in [4.69, 9.17) is 0 Å². The van der Waals surface area contributed by atoms with Crippen molar-refractivity contribution >= 4 is 11.5 Å². The van der Waals surface area contributed by atoms with Gasteiger partial charge in [-0.25, -0.2) is 8.78 Å². The molecule has 5 heteroatoms. The first kappa shape index (κ1) is 20.3. The summed E-state index contributed by atoms with van der Waals surface area (Å²) >= 11 is 0. The minimum absolute atomic E-state index is 0.263. The van der Waals surface area contributed by atoms with Gasteiger partial charge in [-0.1, -0.05) is 56.2 Å². The Morgan fingerprint density at radius 3 is 2.00 bits per heavy atom. The van der Waals surface area contributed by atoms with Gasteiger partial charge in [-0.2, -0.15) is 5.26 Å². The highest BCUT2D eigenvalue weighted by atomic mass is 19.1. The highest BCUT2D eigenvalue weighted by molar-refractivity contribution is 5.97. The zero-order valence-corrected chi connectivity index (χ0v) is 16.1. The number of hydrogen-bond donors (Lipinski definition) is 1. The molecule has 3 nitrogen and oxygen atoms in total. The first-order chi connectivity index (χ1) is 12.5. The quantitative estimate of drug-likeness (QED) is 0.748. The van der Waals surface area contributed by atoms with Crippen molar-refractivity contribution in [1.29, 1.82) is 5.26 Å². The van der Waals surface area contributed by atoms with Crippen LogP contribution in [0.15, 0.2) is 42.1 Å². The van der Waals surface area contributed by atoms with E-state index in [1.54, 1.807) is 0 Å². The minimum Gasteiger partial charge on any atom is -0.324 e. The lowest BCUT2D eigenvalue weighted by Gasteiger charge is -2.26. The number of nitriles is 1. The van der Waals surface area contributed by atoms with Crippen molar-refractivity contribution in [3.05, 3.63) is 76.0 Å². The van der Waals surface area contributed by atoms with Gasteiger partial charge in [0.2, 0.25) is 0 Å². The molecule has 0 unspecified atom stereocenters. The standard InChI is InChI=1S/C22H22F2N2O/c1-13-9-14(2)11-15(10-13)16(12-25)20(22(3,4)5)26-21(27)19-17(23)7-6-8-18(19)24/h6-11H,1-5H3,(H,26,27)/b20-16-. The molecule has 140 valence electrons. The topological polar surface area (TPSA) is 52.9 Å². The molecule has 1 amide bonds. The van der Waals surface area contributed by atoms with Crippen LogP contribution in [0.5, 0.6) is 0 Å². The predicted molar refractivity (Wildman–Crippen MR) is 102 cm³/mol. The number of allylic oxidation sites excluding steroid dienone is 2. The van der Waals surface area contributed by atoms with E-state index < -0.39 is 28.5 Å². The summed E-state index contributed by atoms with van der Waals surface area (Å²) in [5.74, 6) is -2.83. The number of aryl methyl sites for hydroxylation is 2. The van der Waals surface area contributed by atoms with Crippen molar-refractivity contribution in [2.75, 3.05) is 0 Å². The first-order valence-corrected chi connectivity index (χ1v) is 8.53. The Kier molecular flexibility index (Phi) is 5.80. The molecular weight excluding hydrogens is 346 g/mol. The molecule has 0 fully saturated rings. The van der Waals surface area contributed by atoms with Crippen molar-refractivity contribution in [1.82, 2.24) is 5.32 Å². The number of rotatable bonds is 3. The van der Waals surface area contributed by atoms with Crippen molar-refractivity contribution < 1.29 is 13.6 Å². The molecule has 2 rings (SSSR count). The lowest BCUT2D eigenvalue weighted by molar-refractivity contribution is 0.0949. The molecular formula is C22H22F2N2O. The average Bonchev–Trinajstić information content (AvgIpc) is 2.52. The van der Waals surface area contributed by atoms with Gasteiger partial charge < -0.3 is 5.32 Å². The molecule has 2 aromatic carbocycles. The summed E-state index contributed by atoms with van der Waals surface area (Å²) in [6.45, 7) is 9.28. The second-order valence-electron chi connectivity index (χ2n) is 7.54. The monoisotopic (exact) mass is 368 g/mol. The largest absolute Gasteiger partial charge is 0.324 e. The maximum Gasteiger partial charge on any atom is 0.261 e. The SMILES string of the molecule is Cc1cc(C)cc(/C(C#N)=C(\NC(=O)c2c(F)cccc2F)C(C)(C)C)c1. The number of nitrogens with one attached hydrogen (secondary N) is 1. The van der Waals surface area contributed by atoms with Crippen LogP contribution in [0.3, 0.4) is 0 Å². The molecule has 0 atom stereocenters. The molecule has 0 aliphatic carbocycles. The third-order valence-corrected chi connectivity index (χ3v) is 4.05. The summed E-state index contributed by atoms with van der Waals surface area (Å²) in [7, 11) is 0. The maximum absolute atomic E-state index is 14.0. The third kappa shape index (κ3) is 4.59. The molecule has 0 aliphatic heterocycles. The van der Waals surface area contributed by atoms with Crippen LogP contribution < -0.4 is 5.32 Å². The number of nitrogens with zero attached hydrogens (tertiary/aromatic N) is 1. The highest BCUT2D eigenvalue weighted by Crippen LogP contribution is 2.31. The predicted octanol–water partition coefficient (Wildman–Crippen LogP) is 5.29. The van der Waals surface area contributed by atoms with E-state index in [1.807, 2.05) is 52.8 Å². The number of benzene rings is 2. The normalized spacial score (nSPS) is 12.2. The summed E-state index contributed by atoms with van der Waals surface area (Å²) in [4.78, 5) is 12.6. The van der Waals surface area contributed by atoms with E-state index in [2.05, 4.69) is 11.4 Å². The maximum atomic E-state index is 14.0. The number of halogens is 2. The second kappa shape index (κ2) is 7.71. The fraction of sp³-hybridized carbons (Fsp3) is 0.273. The van der Waals surface area contributed by atoms with Gasteiger partial charge in [-0.3, -0.25) is 4.79 Å². The number of hydrogen-bond acceptors (Lipinski definition) is 2. The van der Waals surface area contributed by atoms with Crippen molar-refractivity contribution in [3.8, 4) is 6.07 Å².